The summed E-state index contributed by atoms with van der Waals surface area (Å²) in [6, 6.07) is 0. The van der Waals surface area contributed by atoms with E-state index in [-0.39, 0.29) is 0 Å². The predicted molar refractivity (Wildman–Crippen MR) is 40.1 cm³/mol. The van der Waals surface area contributed by atoms with Crippen molar-refractivity contribution in [2.45, 2.75) is 0 Å². The fourth-order valence-corrected chi connectivity index (χ4v) is 0.489. The van der Waals surface area contributed by atoms with Gasteiger partial charge in [-0.2, -0.15) is 0 Å². The van der Waals surface area contributed by atoms with Crippen LogP contribution in [0.1, 0.15) is 0 Å². The Morgan fingerprint density at radius 2 is 2.00 bits per heavy atom. The van der Waals surface area contributed by atoms with Crippen molar-refractivity contribution >= 4 is 12.4 Å². The van der Waals surface area contributed by atoms with Crippen LogP contribution in [0.3, 0.4) is 0 Å². The fourth-order valence-electron chi connectivity index (χ4n) is 0.489. The normalized spacial score (nSPS) is 27.6. The van der Waals surface area contributed by atoms with Gasteiger partial charge in [-0.15, -0.1) is 0 Å². The third-order valence-electron chi connectivity index (χ3n) is 0.877. The molecule has 0 saturated heterocycles. The third kappa shape index (κ3) is 2.59. The third-order valence-corrected chi connectivity index (χ3v) is 0.877. The first kappa shape index (κ1) is 5.95. The zero-order valence-electron chi connectivity index (χ0n) is 5.07. The lowest BCUT2D eigenvalue weighted by Gasteiger charge is -1.75. The van der Waals surface area contributed by atoms with Crippen LogP contribution in [0, 0.1) is 0 Å². The summed E-state index contributed by atoms with van der Waals surface area (Å²) in [5.74, 6) is 0. The standard InChI is InChI=1S/C7H8N2/c1-2-5-9-7-3-6-8-4-1/h1-6H,7H2/b2-1-,6-3-,8-4-,9-5?. The molecule has 0 saturated carbocycles. The first-order valence-electron chi connectivity index (χ1n) is 2.83. The Labute approximate surface area is 54.3 Å². The van der Waals surface area contributed by atoms with E-state index in [1.54, 1.807) is 18.6 Å². The summed E-state index contributed by atoms with van der Waals surface area (Å²) in [4.78, 5) is 7.93. The Kier molecular flexibility index (Phi) is 2.50. The Balaban J connectivity index is 2.60. The van der Waals surface area contributed by atoms with Crippen LogP contribution in [0.4, 0.5) is 0 Å². The van der Waals surface area contributed by atoms with Gasteiger partial charge in [0.2, 0.25) is 0 Å². The minimum Gasteiger partial charge on any atom is -0.289 e. The lowest BCUT2D eigenvalue weighted by atomic mass is 10.5. The maximum atomic E-state index is 4.01. The van der Waals surface area contributed by atoms with Gasteiger partial charge in [0.05, 0.1) is 6.54 Å². The smallest absolute Gasteiger partial charge is 0.0587 e. The molecule has 1 aliphatic rings. The summed E-state index contributed by atoms with van der Waals surface area (Å²) in [7, 11) is 0. The van der Waals surface area contributed by atoms with Crippen molar-refractivity contribution in [2.24, 2.45) is 9.98 Å². The number of hydrogen-bond acceptors (Lipinski definition) is 2. The Morgan fingerprint density at radius 3 is 3.00 bits per heavy atom. The molecule has 0 N–H and O–H groups in total. The zero-order valence-corrected chi connectivity index (χ0v) is 5.07. The number of rotatable bonds is 0. The molecule has 46 valence electrons. The Morgan fingerprint density at radius 1 is 1.11 bits per heavy atom. The average Bonchev–Trinajstić information content (AvgIpc) is 2.00. The van der Waals surface area contributed by atoms with Crippen LogP contribution in [0.25, 0.3) is 0 Å². The van der Waals surface area contributed by atoms with E-state index < -0.39 is 0 Å². The largest absolute Gasteiger partial charge is 0.289 e. The molecule has 0 radical (unpaired) electrons. The number of nitrogens with zero attached hydrogens (tertiary/aromatic N) is 2. The highest BCUT2D eigenvalue weighted by molar-refractivity contribution is 5.81. The average molecular weight is 120 g/mol. The molecular formula is C7H8N2. The predicted octanol–water partition coefficient (Wildman–Crippen LogP) is 1.21. The van der Waals surface area contributed by atoms with Crippen LogP contribution in [-0.4, -0.2) is 19.0 Å². The number of hydrogen-bond donors (Lipinski definition) is 0. The highest BCUT2D eigenvalue weighted by Gasteiger charge is 1.70. The molecule has 0 aliphatic carbocycles. The maximum Gasteiger partial charge on any atom is 0.0587 e. The fraction of sp³-hybridized carbons (Fsp3) is 0.143. The van der Waals surface area contributed by atoms with Gasteiger partial charge in [0.25, 0.3) is 0 Å². The van der Waals surface area contributed by atoms with E-state index in [9.17, 15) is 0 Å². The van der Waals surface area contributed by atoms with Gasteiger partial charge < -0.3 is 0 Å². The van der Waals surface area contributed by atoms with Crippen molar-refractivity contribution in [1.29, 1.82) is 0 Å². The molecule has 0 aromatic rings. The van der Waals surface area contributed by atoms with Gasteiger partial charge in [0.1, 0.15) is 0 Å². The van der Waals surface area contributed by atoms with Crippen molar-refractivity contribution in [3.05, 3.63) is 24.4 Å². The van der Waals surface area contributed by atoms with E-state index in [4.69, 9.17) is 0 Å². The molecule has 0 spiro atoms. The van der Waals surface area contributed by atoms with Crippen molar-refractivity contribution < 1.29 is 0 Å². The Hall–Kier alpha value is -1.18. The molecule has 0 bridgehead atoms. The molecule has 1 aliphatic heterocycles. The van der Waals surface area contributed by atoms with Crippen LogP contribution < -0.4 is 0 Å². The van der Waals surface area contributed by atoms with Gasteiger partial charge in [-0.1, -0.05) is 0 Å². The first-order chi connectivity index (χ1) is 4.50. The topological polar surface area (TPSA) is 24.7 Å². The van der Waals surface area contributed by atoms with E-state index in [0.29, 0.717) is 0 Å². The summed E-state index contributed by atoms with van der Waals surface area (Å²) in [6.45, 7) is 0.724. The molecule has 0 aromatic heterocycles. The second-order valence-corrected chi connectivity index (χ2v) is 1.58. The van der Waals surface area contributed by atoms with Gasteiger partial charge in [0, 0.05) is 18.6 Å². The first-order valence-corrected chi connectivity index (χ1v) is 2.83. The summed E-state index contributed by atoms with van der Waals surface area (Å²) in [5.41, 5.74) is 0. The van der Waals surface area contributed by atoms with Gasteiger partial charge in [-0.05, 0) is 18.2 Å². The van der Waals surface area contributed by atoms with Crippen LogP contribution >= 0.6 is 0 Å². The molecule has 1 heterocycles. The van der Waals surface area contributed by atoms with E-state index >= 15 is 0 Å². The molecule has 1 rings (SSSR count). The molecule has 2 heteroatoms. The lowest BCUT2D eigenvalue weighted by molar-refractivity contribution is 1.25. The number of allylic oxidation sites excluding steroid dienone is 2. The SMILES string of the molecule is C1=NC\C=C/N=C\C=C/1. The van der Waals surface area contributed by atoms with Crippen molar-refractivity contribution in [3.8, 4) is 0 Å². The van der Waals surface area contributed by atoms with Crippen LogP contribution in [0.5, 0.6) is 0 Å². The molecule has 0 unspecified atom stereocenters. The van der Waals surface area contributed by atoms with Crippen molar-refractivity contribution in [3.63, 3.8) is 0 Å². The maximum absolute atomic E-state index is 4.01. The molecule has 0 amide bonds. The van der Waals surface area contributed by atoms with E-state index in [0.717, 1.165) is 6.54 Å². The molecule has 2 nitrogen and oxygen atoms in total. The Bertz CT molecular complexity index is 155. The number of aliphatic imine (C=N–C) groups is 2. The highest BCUT2D eigenvalue weighted by atomic mass is 14.7. The quantitative estimate of drug-likeness (QED) is 0.459. The van der Waals surface area contributed by atoms with Gasteiger partial charge in [-0.25, -0.2) is 0 Å². The van der Waals surface area contributed by atoms with E-state index in [1.165, 1.54) is 0 Å². The zero-order chi connectivity index (χ0) is 6.36. The molecule has 9 heavy (non-hydrogen) atoms. The molecule has 0 atom stereocenters. The minimum atomic E-state index is 0.724. The van der Waals surface area contributed by atoms with E-state index in [2.05, 4.69) is 9.98 Å². The van der Waals surface area contributed by atoms with E-state index in [1.807, 2.05) is 18.2 Å². The lowest BCUT2D eigenvalue weighted by Crippen LogP contribution is -1.69. The van der Waals surface area contributed by atoms with Crippen LogP contribution in [0.15, 0.2) is 34.4 Å². The second kappa shape index (κ2) is 3.78. The molecular weight excluding hydrogens is 112 g/mol. The van der Waals surface area contributed by atoms with Crippen LogP contribution in [-0.2, 0) is 0 Å². The highest BCUT2D eigenvalue weighted by Crippen LogP contribution is 1.79. The molecule has 0 aromatic carbocycles. The van der Waals surface area contributed by atoms with Crippen LogP contribution in [0.2, 0.25) is 0 Å². The summed E-state index contributed by atoms with van der Waals surface area (Å²) in [5, 5.41) is 0. The second-order valence-electron chi connectivity index (χ2n) is 1.58. The van der Waals surface area contributed by atoms with Gasteiger partial charge in [-0.3, -0.25) is 9.98 Å². The van der Waals surface area contributed by atoms with Crippen molar-refractivity contribution in [2.75, 3.05) is 6.54 Å². The summed E-state index contributed by atoms with van der Waals surface area (Å²) < 4.78 is 0. The molecule has 0 fully saturated rings. The minimum absolute atomic E-state index is 0.724. The monoisotopic (exact) mass is 120 g/mol. The summed E-state index contributed by atoms with van der Waals surface area (Å²) >= 11 is 0. The van der Waals surface area contributed by atoms with Crippen molar-refractivity contribution in [1.82, 2.24) is 0 Å². The summed E-state index contributed by atoms with van der Waals surface area (Å²) in [6.07, 6.45) is 10.8. The van der Waals surface area contributed by atoms with Gasteiger partial charge in [0.15, 0.2) is 0 Å². The van der Waals surface area contributed by atoms with Gasteiger partial charge >= 0.3 is 0 Å².